The Hall–Kier alpha value is -1.19. The summed E-state index contributed by atoms with van der Waals surface area (Å²) < 4.78 is 0. The van der Waals surface area contributed by atoms with Crippen molar-refractivity contribution in [3.63, 3.8) is 0 Å². The lowest BCUT2D eigenvalue weighted by molar-refractivity contribution is 0.499. The summed E-state index contributed by atoms with van der Waals surface area (Å²) >= 11 is 1.70. The highest BCUT2D eigenvalue weighted by atomic mass is 32.1. The van der Waals surface area contributed by atoms with Gasteiger partial charge in [0.15, 0.2) is 0 Å². The van der Waals surface area contributed by atoms with Gasteiger partial charge in [0.05, 0.1) is 5.51 Å². The summed E-state index contributed by atoms with van der Waals surface area (Å²) in [7, 11) is 0. The Morgan fingerprint density at radius 2 is 2.06 bits per heavy atom. The standard InChI is InChI=1S/C14H18N2S/c1-10-5-4-6-13(7-10)11(2)16-12(3)14-8-15-9-17-14/h4-9,11-12,16H,1-3H3/t11-,12?/m0/s1. The molecule has 0 saturated carbocycles. The van der Waals surface area contributed by atoms with Crippen LogP contribution in [0, 0.1) is 6.92 Å². The number of aromatic nitrogens is 1. The average Bonchev–Trinajstić information content (AvgIpc) is 2.82. The molecule has 0 aliphatic rings. The van der Waals surface area contributed by atoms with Gasteiger partial charge in [-0.15, -0.1) is 11.3 Å². The normalized spacial score (nSPS) is 14.5. The van der Waals surface area contributed by atoms with Crippen LogP contribution in [-0.4, -0.2) is 4.98 Å². The summed E-state index contributed by atoms with van der Waals surface area (Å²) in [6, 6.07) is 9.34. The Morgan fingerprint density at radius 3 is 2.71 bits per heavy atom. The van der Waals surface area contributed by atoms with E-state index in [9.17, 15) is 0 Å². The van der Waals surface area contributed by atoms with Crippen molar-refractivity contribution < 1.29 is 0 Å². The Bertz CT molecular complexity index is 465. The topological polar surface area (TPSA) is 24.9 Å². The van der Waals surface area contributed by atoms with Gasteiger partial charge in [0, 0.05) is 23.2 Å². The first-order chi connectivity index (χ1) is 8.16. The number of nitrogens with one attached hydrogen (secondary N) is 1. The van der Waals surface area contributed by atoms with Crippen LogP contribution in [0.2, 0.25) is 0 Å². The maximum absolute atomic E-state index is 4.12. The molecule has 90 valence electrons. The van der Waals surface area contributed by atoms with Crippen LogP contribution < -0.4 is 5.32 Å². The van der Waals surface area contributed by atoms with Gasteiger partial charge in [-0.1, -0.05) is 29.8 Å². The zero-order valence-corrected chi connectivity index (χ0v) is 11.3. The zero-order valence-electron chi connectivity index (χ0n) is 10.5. The van der Waals surface area contributed by atoms with E-state index in [1.807, 2.05) is 11.7 Å². The third-order valence-corrected chi connectivity index (χ3v) is 3.88. The second kappa shape index (κ2) is 5.43. The molecule has 0 aliphatic heterocycles. The van der Waals surface area contributed by atoms with Crippen LogP contribution >= 0.6 is 11.3 Å². The molecular weight excluding hydrogens is 228 g/mol. The fraction of sp³-hybridized carbons (Fsp3) is 0.357. The van der Waals surface area contributed by atoms with Gasteiger partial charge in [0.1, 0.15) is 0 Å². The van der Waals surface area contributed by atoms with Crippen molar-refractivity contribution >= 4 is 11.3 Å². The molecule has 0 saturated heterocycles. The third-order valence-electron chi connectivity index (χ3n) is 2.92. The van der Waals surface area contributed by atoms with Gasteiger partial charge in [-0.05, 0) is 26.3 Å². The fourth-order valence-electron chi connectivity index (χ4n) is 1.93. The molecule has 17 heavy (non-hydrogen) atoms. The summed E-state index contributed by atoms with van der Waals surface area (Å²) in [6.07, 6.45) is 1.94. The van der Waals surface area contributed by atoms with Gasteiger partial charge in [0.2, 0.25) is 0 Å². The molecule has 1 aromatic carbocycles. The smallest absolute Gasteiger partial charge is 0.0794 e. The number of rotatable bonds is 4. The predicted molar refractivity (Wildman–Crippen MR) is 73.3 cm³/mol. The molecule has 0 fully saturated rings. The molecule has 1 heterocycles. The number of nitrogens with zero attached hydrogens (tertiary/aromatic N) is 1. The monoisotopic (exact) mass is 246 g/mol. The molecule has 2 aromatic rings. The van der Waals surface area contributed by atoms with Crippen LogP contribution in [0.4, 0.5) is 0 Å². The van der Waals surface area contributed by atoms with Crippen LogP contribution in [0.3, 0.4) is 0 Å². The van der Waals surface area contributed by atoms with Gasteiger partial charge in [0.25, 0.3) is 0 Å². The van der Waals surface area contributed by atoms with Crippen molar-refractivity contribution in [2.45, 2.75) is 32.9 Å². The van der Waals surface area contributed by atoms with E-state index in [0.717, 1.165) is 0 Å². The molecule has 1 N–H and O–H groups in total. The van der Waals surface area contributed by atoms with Gasteiger partial charge >= 0.3 is 0 Å². The lowest BCUT2D eigenvalue weighted by Gasteiger charge is -2.19. The molecule has 2 rings (SSSR count). The minimum atomic E-state index is 0.345. The Labute approximate surface area is 107 Å². The summed E-state index contributed by atoms with van der Waals surface area (Å²) in [5.41, 5.74) is 4.52. The zero-order chi connectivity index (χ0) is 12.3. The van der Waals surface area contributed by atoms with Crippen molar-refractivity contribution in [2.24, 2.45) is 0 Å². The van der Waals surface area contributed by atoms with E-state index < -0.39 is 0 Å². The van der Waals surface area contributed by atoms with Crippen molar-refractivity contribution in [1.29, 1.82) is 0 Å². The van der Waals surface area contributed by atoms with Gasteiger partial charge in [-0.2, -0.15) is 0 Å². The Kier molecular flexibility index (Phi) is 3.92. The van der Waals surface area contributed by atoms with E-state index in [-0.39, 0.29) is 0 Å². The van der Waals surface area contributed by atoms with Crippen LogP contribution in [0.1, 0.15) is 41.9 Å². The summed E-state index contributed by atoms with van der Waals surface area (Å²) in [4.78, 5) is 5.40. The molecule has 2 atom stereocenters. The van der Waals surface area contributed by atoms with E-state index in [1.54, 1.807) is 11.3 Å². The summed E-state index contributed by atoms with van der Waals surface area (Å²) in [6.45, 7) is 6.51. The van der Waals surface area contributed by atoms with Crippen molar-refractivity contribution in [3.05, 3.63) is 52.0 Å². The second-order valence-corrected chi connectivity index (χ2v) is 5.35. The Balaban J connectivity index is 2.04. The number of aryl methyl sites for hydroxylation is 1. The molecule has 0 bridgehead atoms. The molecule has 0 aliphatic carbocycles. The molecular formula is C14H18N2S. The molecule has 1 unspecified atom stereocenters. The van der Waals surface area contributed by atoms with Crippen LogP contribution in [0.25, 0.3) is 0 Å². The summed E-state index contributed by atoms with van der Waals surface area (Å²) in [5, 5.41) is 3.60. The second-order valence-electron chi connectivity index (χ2n) is 4.43. The number of hydrogen-bond acceptors (Lipinski definition) is 3. The van der Waals surface area contributed by atoms with E-state index in [0.29, 0.717) is 12.1 Å². The quantitative estimate of drug-likeness (QED) is 0.886. The molecule has 2 nitrogen and oxygen atoms in total. The Morgan fingerprint density at radius 1 is 1.24 bits per heavy atom. The highest BCUT2D eigenvalue weighted by Gasteiger charge is 2.12. The van der Waals surface area contributed by atoms with Crippen molar-refractivity contribution in [1.82, 2.24) is 10.3 Å². The van der Waals surface area contributed by atoms with Gasteiger partial charge in [-0.25, -0.2) is 0 Å². The van der Waals surface area contributed by atoms with E-state index in [4.69, 9.17) is 0 Å². The number of hydrogen-bond donors (Lipinski definition) is 1. The lowest BCUT2D eigenvalue weighted by atomic mass is 10.1. The SMILES string of the molecule is Cc1cccc([C@H](C)NC(C)c2cncs2)c1. The third kappa shape index (κ3) is 3.14. The van der Waals surface area contributed by atoms with E-state index >= 15 is 0 Å². The predicted octanol–water partition coefficient (Wildman–Crippen LogP) is 3.86. The first-order valence-corrected chi connectivity index (χ1v) is 6.76. The van der Waals surface area contributed by atoms with E-state index in [2.05, 4.69) is 55.3 Å². The largest absolute Gasteiger partial charge is 0.303 e. The highest BCUT2D eigenvalue weighted by molar-refractivity contribution is 7.09. The molecule has 1 aromatic heterocycles. The van der Waals surface area contributed by atoms with Gasteiger partial charge in [-0.3, -0.25) is 4.98 Å². The van der Waals surface area contributed by atoms with E-state index in [1.165, 1.54) is 16.0 Å². The maximum atomic E-state index is 4.12. The average molecular weight is 246 g/mol. The first-order valence-electron chi connectivity index (χ1n) is 5.88. The molecule has 0 radical (unpaired) electrons. The van der Waals surface area contributed by atoms with Crippen molar-refractivity contribution in [3.8, 4) is 0 Å². The minimum absolute atomic E-state index is 0.345. The highest BCUT2D eigenvalue weighted by Crippen LogP contribution is 2.21. The number of benzene rings is 1. The lowest BCUT2D eigenvalue weighted by Crippen LogP contribution is -2.21. The fourth-order valence-corrected chi connectivity index (χ4v) is 2.57. The van der Waals surface area contributed by atoms with Crippen molar-refractivity contribution in [2.75, 3.05) is 0 Å². The van der Waals surface area contributed by atoms with Crippen LogP contribution in [0.15, 0.2) is 36.0 Å². The molecule has 3 heteroatoms. The number of thiazole rings is 1. The molecule has 0 amide bonds. The molecule has 0 spiro atoms. The van der Waals surface area contributed by atoms with Gasteiger partial charge < -0.3 is 5.32 Å². The summed E-state index contributed by atoms with van der Waals surface area (Å²) in [5.74, 6) is 0. The minimum Gasteiger partial charge on any atom is -0.303 e. The maximum Gasteiger partial charge on any atom is 0.0794 e. The van der Waals surface area contributed by atoms with Crippen LogP contribution in [0.5, 0.6) is 0 Å². The first kappa shape index (κ1) is 12.3. The van der Waals surface area contributed by atoms with Crippen LogP contribution in [-0.2, 0) is 0 Å².